The molecule has 2 aromatic rings. The van der Waals surface area contributed by atoms with E-state index in [1.54, 1.807) is 10.8 Å². The normalized spacial score (nSPS) is 10.1. The van der Waals surface area contributed by atoms with Gasteiger partial charge in [0.2, 0.25) is 5.12 Å². The second-order valence-corrected chi connectivity index (χ2v) is 5.75. The molecule has 1 nitrogen and oxygen atoms in total. The van der Waals surface area contributed by atoms with Crippen LogP contribution in [-0.2, 0) is 5.75 Å². The van der Waals surface area contributed by atoms with Crippen LogP contribution in [0.15, 0.2) is 60.7 Å². The Bertz CT molecular complexity index is 468. The lowest BCUT2D eigenvalue weighted by Crippen LogP contribution is -1.89. The van der Waals surface area contributed by atoms with Gasteiger partial charge in [0, 0.05) is 11.3 Å². The van der Waals surface area contributed by atoms with Gasteiger partial charge in [0.25, 0.3) is 0 Å². The summed E-state index contributed by atoms with van der Waals surface area (Å²) in [5.74, 6) is 0.851. The third-order valence-electron chi connectivity index (χ3n) is 2.21. The average Bonchev–Trinajstić information content (AvgIpc) is 2.41. The first-order valence-electron chi connectivity index (χ1n) is 5.29. The lowest BCUT2D eigenvalue weighted by molar-refractivity contribution is 0.109. The minimum absolute atomic E-state index is 0.117. The van der Waals surface area contributed by atoms with Gasteiger partial charge >= 0.3 is 0 Å². The Morgan fingerprint density at radius 3 is 2.12 bits per heavy atom. The van der Waals surface area contributed by atoms with Gasteiger partial charge in [-0.1, -0.05) is 71.5 Å². The lowest BCUT2D eigenvalue weighted by Gasteiger charge is -2.00. The van der Waals surface area contributed by atoms with Crippen molar-refractivity contribution in [2.45, 2.75) is 5.75 Å². The first-order valence-corrected chi connectivity index (χ1v) is 7.61. The molecule has 0 aliphatic carbocycles. The second-order valence-electron chi connectivity index (χ2n) is 3.48. The van der Waals surface area contributed by atoms with Gasteiger partial charge in [-0.15, -0.1) is 0 Å². The molecule has 2 rings (SSSR count). The van der Waals surface area contributed by atoms with E-state index in [1.165, 1.54) is 16.4 Å². The van der Waals surface area contributed by atoms with Crippen LogP contribution in [0.2, 0.25) is 0 Å². The Labute approximate surface area is 109 Å². The molecular formula is C14H12OS2. The Kier molecular flexibility index (Phi) is 4.71. The summed E-state index contributed by atoms with van der Waals surface area (Å²) >= 11 is 0. The van der Waals surface area contributed by atoms with Crippen LogP contribution in [0.1, 0.15) is 15.9 Å². The minimum Gasteiger partial charge on any atom is -0.281 e. The molecule has 0 heterocycles. The van der Waals surface area contributed by atoms with Gasteiger partial charge in [0.15, 0.2) is 0 Å². The van der Waals surface area contributed by atoms with Gasteiger partial charge in [-0.05, 0) is 16.4 Å². The Hall–Kier alpha value is -1.19. The number of hydrogen-bond donors (Lipinski definition) is 0. The largest absolute Gasteiger partial charge is 0.281 e. The zero-order valence-corrected chi connectivity index (χ0v) is 10.8. The van der Waals surface area contributed by atoms with Gasteiger partial charge in [-0.3, -0.25) is 4.79 Å². The van der Waals surface area contributed by atoms with Gasteiger partial charge < -0.3 is 0 Å². The molecule has 0 bridgehead atoms. The molecule has 0 aliphatic heterocycles. The van der Waals surface area contributed by atoms with Gasteiger partial charge in [-0.25, -0.2) is 0 Å². The van der Waals surface area contributed by atoms with Crippen molar-refractivity contribution in [2.75, 3.05) is 0 Å². The molecule has 0 radical (unpaired) electrons. The zero-order valence-electron chi connectivity index (χ0n) is 9.21. The number of benzene rings is 2. The Morgan fingerprint density at radius 1 is 0.882 bits per heavy atom. The summed E-state index contributed by atoms with van der Waals surface area (Å²) in [5, 5.41) is 0.117. The molecule has 17 heavy (non-hydrogen) atoms. The van der Waals surface area contributed by atoms with Crippen LogP contribution in [0.4, 0.5) is 0 Å². The summed E-state index contributed by atoms with van der Waals surface area (Å²) in [5.41, 5.74) is 2.00. The van der Waals surface area contributed by atoms with E-state index in [9.17, 15) is 4.79 Å². The van der Waals surface area contributed by atoms with E-state index in [1.807, 2.05) is 48.5 Å². The van der Waals surface area contributed by atoms with E-state index in [0.717, 1.165) is 11.3 Å². The smallest absolute Gasteiger partial charge is 0.229 e. The summed E-state index contributed by atoms with van der Waals surface area (Å²) < 4.78 is 0. The fourth-order valence-electron chi connectivity index (χ4n) is 1.35. The van der Waals surface area contributed by atoms with E-state index in [0.29, 0.717) is 0 Å². The van der Waals surface area contributed by atoms with Crippen LogP contribution >= 0.6 is 21.6 Å². The molecule has 0 saturated heterocycles. The van der Waals surface area contributed by atoms with Crippen molar-refractivity contribution in [1.29, 1.82) is 0 Å². The molecular weight excluding hydrogens is 248 g/mol. The fraction of sp³-hybridized carbons (Fsp3) is 0.0714. The molecule has 0 atom stereocenters. The molecule has 2 aromatic carbocycles. The summed E-state index contributed by atoms with van der Waals surface area (Å²) in [6, 6.07) is 19.5. The monoisotopic (exact) mass is 260 g/mol. The highest BCUT2D eigenvalue weighted by Gasteiger charge is 2.05. The third-order valence-corrected chi connectivity index (χ3v) is 4.33. The highest BCUT2D eigenvalue weighted by molar-refractivity contribution is 8.82. The number of hydrogen-bond acceptors (Lipinski definition) is 3. The predicted molar refractivity (Wildman–Crippen MR) is 76.1 cm³/mol. The van der Waals surface area contributed by atoms with Gasteiger partial charge in [0.05, 0.1) is 0 Å². The molecule has 0 N–H and O–H groups in total. The maximum absolute atomic E-state index is 11.8. The molecule has 0 amide bonds. The molecule has 0 saturated carbocycles. The van der Waals surface area contributed by atoms with Crippen LogP contribution in [0.3, 0.4) is 0 Å². The number of carbonyl (C=O) groups is 1. The van der Waals surface area contributed by atoms with E-state index >= 15 is 0 Å². The van der Waals surface area contributed by atoms with Crippen LogP contribution < -0.4 is 0 Å². The molecule has 3 heteroatoms. The summed E-state index contributed by atoms with van der Waals surface area (Å²) in [4.78, 5) is 11.8. The van der Waals surface area contributed by atoms with Crippen LogP contribution in [0.25, 0.3) is 0 Å². The standard InChI is InChI=1S/C14H12OS2/c15-14(13-9-5-2-6-10-13)17-16-11-12-7-3-1-4-8-12/h1-10H,11H2. The van der Waals surface area contributed by atoms with E-state index < -0.39 is 0 Å². The quantitative estimate of drug-likeness (QED) is 0.758. The number of carbonyl (C=O) groups excluding carboxylic acids is 1. The first-order chi connectivity index (χ1) is 8.36. The van der Waals surface area contributed by atoms with E-state index in [-0.39, 0.29) is 5.12 Å². The van der Waals surface area contributed by atoms with E-state index in [2.05, 4.69) is 12.1 Å². The minimum atomic E-state index is 0.117. The topological polar surface area (TPSA) is 17.1 Å². The molecule has 0 aliphatic rings. The maximum atomic E-state index is 11.8. The molecule has 0 aromatic heterocycles. The van der Waals surface area contributed by atoms with Crippen LogP contribution in [-0.4, -0.2) is 5.12 Å². The van der Waals surface area contributed by atoms with Crippen molar-refractivity contribution < 1.29 is 4.79 Å². The Morgan fingerprint density at radius 2 is 1.47 bits per heavy atom. The first kappa shape index (κ1) is 12.3. The average molecular weight is 260 g/mol. The lowest BCUT2D eigenvalue weighted by atomic mass is 10.2. The molecule has 0 unspecified atom stereocenters. The zero-order chi connectivity index (χ0) is 11.9. The summed E-state index contributed by atoms with van der Waals surface area (Å²) in [7, 11) is 2.88. The van der Waals surface area contributed by atoms with Crippen molar-refractivity contribution in [3.05, 3.63) is 71.8 Å². The SMILES string of the molecule is O=C(SSCc1ccccc1)c1ccccc1. The van der Waals surface area contributed by atoms with Crippen LogP contribution in [0, 0.1) is 0 Å². The second kappa shape index (κ2) is 6.52. The maximum Gasteiger partial charge on any atom is 0.229 e. The van der Waals surface area contributed by atoms with Crippen molar-refractivity contribution >= 4 is 26.7 Å². The highest BCUT2D eigenvalue weighted by atomic mass is 33.1. The highest BCUT2D eigenvalue weighted by Crippen LogP contribution is 2.29. The third kappa shape index (κ3) is 3.95. The molecule has 0 spiro atoms. The van der Waals surface area contributed by atoms with Crippen molar-refractivity contribution in [1.82, 2.24) is 0 Å². The summed E-state index contributed by atoms with van der Waals surface area (Å²) in [6.07, 6.45) is 0. The van der Waals surface area contributed by atoms with Crippen LogP contribution in [0.5, 0.6) is 0 Å². The molecule has 0 fully saturated rings. The number of rotatable bonds is 4. The fourth-order valence-corrected chi connectivity index (χ4v) is 3.27. The Balaban J connectivity index is 1.82. The van der Waals surface area contributed by atoms with Gasteiger partial charge in [-0.2, -0.15) is 0 Å². The van der Waals surface area contributed by atoms with E-state index in [4.69, 9.17) is 0 Å². The van der Waals surface area contributed by atoms with Gasteiger partial charge in [0.1, 0.15) is 0 Å². The van der Waals surface area contributed by atoms with Crippen molar-refractivity contribution in [2.24, 2.45) is 0 Å². The predicted octanol–water partition coefficient (Wildman–Crippen LogP) is 4.41. The van der Waals surface area contributed by atoms with Crippen molar-refractivity contribution in [3.63, 3.8) is 0 Å². The summed E-state index contributed by atoms with van der Waals surface area (Å²) in [6.45, 7) is 0. The van der Waals surface area contributed by atoms with Crippen molar-refractivity contribution in [3.8, 4) is 0 Å². The molecule has 86 valence electrons.